The SMILES string of the molecule is C1CCCCC1.CC1CO1.CO.CO. The van der Waals surface area contributed by atoms with E-state index in [1.807, 2.05) is 0 Å². The highest BCUT2D eigenvalue weighted by molar-refractivity contribution is 4.58. The number of hydrogen-bond donors (Lipinski definition) is 2. The van der Waals surface area contributed by atoms with Crippen molar-refractivity contribution in [1.29, 1.82) is 0 Å². The van der Waals surface area contributed by atoms with Crippen LogP contribution in [0.25, 0.3) is 0 Å². The molecule has 1 aliphatic carbocycles. The van der Waals surface area contributed by atoms with E-state index in [1.165, 1.54) is 38.5 Å². The van der Waals surface area contributed by atoms with Crippen molar-refractivity contribution in [2.45, 2.75) is 51.6 Å². The summed E-state index contributed by atoms with van der Waals surface area (Å²) in [7, 11) is 2.00. The van der Waals surface area contributed by atoms with Gasteiger partial charge in [-0.25, -0.2) is 0 Å². The second-order valence-corrected chi connectivity index (χ2v) is 3.27. The van der Waals surface area contributed by atoms with E-state index in [0.29, 0.717) is 6.10 Å². The van der Waals surface area contributed by atoms with Crippen LogP contribution in [-0.4, -0.2) is 37.1 Å². The zero-order valence-electron chi connectivity index (χ0n) is 9.83. The third kappa shape index (κ3) is 17.8. The first-order valence-corrected chi connectivity index (χ1v) is 5.40. The Labute approximate surface area is 88.1 Å². The molecule has 2 N–H and O–H groups in total. The Kier molecular flexibility index (Phi) is 17.9. The Morgan fingerprint density at radius 2 is 0.929 bits per heavy atom. The summed E-state index contributed by atoms with van der Waals surface area (Å²) in [6.45, 7) is 3.04. The van der Waals surface area contributed by atoms with Gasteiger partial charge in [0, 0.05) is 14.2 Å². The second-order valence-electron chi connectivity index (χ2n) is 3.27. The van der Waals surface area contributed by atoms with Crippen molar-refractivity contribution in [3.63, 3.8) is 0 Å². The zero-order valence-corrected chi connectivity index (χ0v) is 9.83. The molecule has 3 heteroatoms. The first-order valence-electron chi connectivity index (χ1n) is 5.40. The number of hydrogen-bond acceptors (Lipinski definition) is 3. The lowest BCUT2D eigenvalue weighted by molar-refractivity contribution is 0.399. The number of epoxide rings is 1. The van der Waals surface area contributed by atoms with Crippen molar-refractivity contribution in [1.82, 2.24) is 0 Å². The molecule has 2 fully saturated rings. The number of aliphatic hydroxyl groups is 2. The number of rotatable bonds is 0. The molecule has 2 aliphatic rings. The Bertz CT molecular complexity index is 67.1. The molecule has 1 saturated carbocycles. The fourth-order valence-corrected chi connectivity index (χ4v) is 1.16. The monoisotopic (exact) mass is 206 g/mol. The van der Waals surface area contributed by atoms with Gasteiger partial charge in [-0.2, -0.15) is 0 Å². The van der Waals surface area contributed by atoms with Crippen LogP contribution in [0.1, 0.15) is 45.4 Å². The minimum atomic E-state index is 0.583. The lowest BCUT2D eigenvalue weighted by atomic mass is 10.0. The van der Waals surface area contributed by atoms with Crippen LogP contribution in [0, 0.1) is 0 Å². The summed E-state index contributed by atoms with van der Waals surface area (Å²) in [6.07, 6.45) is 9.58. The molecule has 1 saturated heterocycles. The van der Waals surface area contributed by atoms with Crippen LogP contribution in [0.3, 0.4) is 0 Å². The summed E-state index contributed by atoms with van der Waals surface area (Å²) in [6, 6.07) is 0. The molecule has 3 nitrogen and oxygen atoms in total. The highest BCUT2D eigenvalue weighted by Crippen LogP contribution is 2.15. The van der Waals surface area contributed by atoms with Gasteiger partial charge >= 0.3 is 0 Å². The summed E-state index contributed by atoms with van der Waals surface area (Å²) < 4.78 is 4.71. The van der Waals surface area contributed by atoms with Crippen molar-refractivity contribution in [3.05, 3.63) is 0 Å². The van der Waals surface area contributed by atoms with E-state index in [-0.39, 0.29) is 0 Å². The molecule has 1 atom stereocenters. The largest absolute Gasteiger partial charge is 0.400 e. The van der Waals surface area contributed by atoms with Gasteiger partial charge in [-0.05, 0) is 6.92 Å². The summed E-state index contributed by atoms with van der Waals surface area (Å²) in [5, 5.41) is 14.0. The van der Waals surface area contributed by atoms with Gasteiger partial charge in [0.15, 0.2) is 0 Å². The average Bonchev–Trinajstić information content (AvgIpc) is 3.10. The second kappa shape index (κ2) is 15.4. The van der Waals surface area contributed by atoms with Crippen molar-refractivity contribution in [2.75, 3.05) is 20.8 Å². The van der Waals surface area contributed by atoms with E-state index in [1.54, 1.807) is 0 Å². The lowest BCUT2D eigenvalue weighted by Crippen LogP contribution is -1.85. The molecule has 0 bridgehead atoms. The molecule has 1 heterocycles. The van der Waals surface area contributed by atoms with E-state index in [9.17, 15) is 0 Å². The standard InChI is InChI=1S/C6H12.C3H6O.2CH4O/c1-2-4-6-5-3-1;1-3-2-4-3;2*1-2/h1-6H2;3H,2H2,1H3;2*2H,1H3. The number of ether oxygens (including phenoxy) is 1. The molecule has 1 aliphatic heterocycles. The van der Waals surface area contributed by atoms with E-state index in [4.69, 9.17) is 14.9 Å². The quantitative estimate of drug-likeness (QED) is 0.596. The van der Waals surface area contributed by atoms with Crippen LogP contribution in [0.15, 0.2) is 0 Å². The molecule has 2 rings (SSSR count). The Balaban J connectivity index is 0. The zero-order chi connectivity index (χ0) is 11.2. The van der Waals surface area contributed by atoms with Crippen LogP contribution < -0.4 is 0 Å². The lowest BCUT2D eigenvalue weighted by Gasteiger charge is -2.05. The normalized spacial score (nSPS) is 22.5. The van der Waals surface area contributed by atoms with Gasteiger partial charge < -0.3 is 14.9 Å². The minimum Gasteiger partial charge on any atom is -0.400 e. The highest BCUT2D eigenvalue weighted by Gasteiger charge is 2.13. The van der Waals surface area contributed by atoms with Gasteiger partial charge in [0.2, 0.25) is 0 Å². The maximum Gasteiger partial charge on any atom is 0.0781 e. The molecule has 0 aromatic rings. The Morgan fingerprint density at radius 3 is 1.00 bits per heavy atom. The third-order valence-corrected chi connectivity index (χ3v) is 2.00. The van der Waals surface area contributed by atoms with Gasteiger partial charge in [-0.15, -0.1) is 0 Å². The molecule has 0 spiro atoms. The van der Waals surface area contributed by atoms with Crippen LogP contribution in [-0.2, 0) is 4.74 Å². The summed E-state index contributed by atoms with van der Waals surface area (Å²) in [5.41, 5.74) is 0. The van der Waals surface area contributed by atoms with Crippen molar-refractivity contribution < 1.29 is 14.9 Å². The van der Waals surface area contributed by atoms with Gasteiger partial charge in [-0.1, -0.05) is 38.5 Å². The van der Waals surface area contributed by atoms with E-state index < -0.39 is 0 Å². The predicted octanol–water partition coefficient (Wildman–Crippen LogP) is 1.96. The highest BCUT2D eigenvalue weighted by atomic mass is 16.6. The molecule has 1 unspecified atom stereocenters. The molecular formula is C11H26O3. The fourth-order valence-electron chi connectivity index (χ4n) is 1.16. The van der Waals surface area contributed by atoms with Gasteiger partial charge in [-0.3, -0.25) is 0 Å². The smallest absolute Gasteiger partial charge is 0.0781 e. The van der Waals surface area contributed by atoms with Crippen molar-refractivity contribution in [2.24, 2.45) is 0 Å². The topological polar surface area (TPSA) is 53.0 Å². The Morgan fingerprint density at radius 1 is 0.786 bits per heavy atom. The fraction of sp³-hybridized carbons (Fsp3) is 1.00. The molecular weight excluding hydrogens is 180 g/mol. The van der Waals surface area contributed by atoms with Crippen molar-refractivity contribution in [3.8, 4) is 0 Å². The van der Waals surface area contributed by atoms with Gasteiger partial charge in [0.1, 0.15) is 0 Å². The Hall–Kier alpha value is -0.120. The third-order valence-electron chi connectivity index (χ3n) is 2.00. The summed E-state index contributed by atoms with van der Waals surface area (Å²) in [5.74, 6) is 0. The first kappa shape index (κ1) is 16.3. The molecule has 0 radical (unpaired) electrons. The van der Waals surface area contributed by atoms with Gasteiger partial charge in [0.05, 0.1) is 12.7 Å². The van der Waals surface area contributed by atoms with E-state index >= 15 is 0 Å². The van der Waals surface area contributed by atoms with Crippen LogP contribution >= 0.6 is 0 Å². The summed E-state index contributed by atoms with van der Waals surface area (Å²) >= 11 is 0. The molecule has 14 heavy (non-hydrogen) atoms. The van der Waals surface area contributed by atoms with E-state index in [0.717, 1.165) is 20.8 Å². The predicted molar refractivity (Wildman–Crippen MR) is 59.4 cm³/mol. The molecule has 0 aromatic heterocycles. The molecule has 0 amide bonds. The van der Waals surface area contributed by atoms with Crippen LogP contribution in [0.4, 0.5) is 0 Å². The minimum absolute atomic E-state index is 0.583. The summed E-state index contributed by atoms with van der Waals surface area (Å²) in [4.78, 5) is 0. The van der Waals surface area contributed by atoms with Crippen LogP contribution in [0.2, 0.25) is 0 Å². The number of aliphatic hydroxyl groups excluding tert-OH is 2. The maximum atomic E-state index is 7.00. The van der Waals surface area contributed by atoms with Crippen molar-refractivity contribution >= 4 is 0 Å². The molecule has 0 aromatic carbocycles. The molecule has 88 valence electrons. The van der Waals surface area contributed by atoms with Crippen LogP contribution in [0.5, 0.6) is 0 Å². The van der Waals surface area contributed by atoms with E-state index in [2.05, 4.69) is 6.92 Å². The first-order chi connectivity index (χ1) is 6.89. The average molecular weight is 206 g/mol. The van der Waals surface area contributed by atoms with Gasteiger partial charge in [0.25, 0.3) is 0 Å². The maximum absolute atomic E-state index is 7.00.